The Bertz CT molecular complexity index is 925. The molecule has 0 spiro atoms. The minimum absolute atomic E-state index is 0. The van der Waals surface area contributed by atoms with Crippen LogP contribution in [0.15, 0.2) is 73.1 Å². The number of hydrogen-bond donors (Lipinski definition) is 0. The van der Waals surface area contributed by atoms with Crippen LogP contribution in [0.3, 0.4) is 0 Å². The molecule has 0 N–H and O–H groups in total. The van der Waals surface area contributed by atoms with Crippen LogP contribution in [0.2, 0.25) is 0 Å². The summed E-state index contributed by atoms with van der Waals surface area (Å²) < 4.78 is 4.42. The van der Waals surface area contributed by atoms with Gasteiger partial charge in [0.05, 0.1) is 10.8 Å². The van der Waals surface area contributed by atoms with Crippen molar-refractivity contribution in [2.24, 2.45) is 14.1 Å². The molecular weight excluding hydrogens is 395 g/mol. The lowest BCUT2D eigenvalue weighted by Crippen LogP contribution is -3.00. The zero-order valence-electron chi connectivity index (χ0n) is 13.2. The van der Waals surface area contributed by atoms with E-state index >= 15 is 0 Å². The number of halogens is 1. The van der Waals surface area contributed by atoms with Crippen LogP contribution in [0.25, 0.3) is 32.9 Å². The number of fused-ring (bicyclic) bond motifs is 2. The van der Waals surface area contributed by atoms with Gasteiger partial charge in [-0.1, -0.05) is 36.4 Å². The lowest BCUT2D eigenvalue weighted by molar-refractivity contribution is -0.688. The van der Waals surface area contributed by atoms with Gasteiger partial charge < -0.3 is 24.0 Å². The number of nitrogens with zero attached hydrogens (tertiary/aromatic N) is 2. The van der Waals surface area contributed by atoms with Crippen molar-refractivity contribution in [3.05, 3.63) is 73.1 Å². The summed E-state index contributed by atoms with van der Waals surface area (Å²) in [6.45, 7) is 0. The van der Waals surface area contributed by atoms with Crippen molar-refractivity contribution < 1.29 is 33.1 Å². The summed E-state index contributed by atoms with van der Waals surface area (Å²) in [7, 11) is 4.23. The summed E-state index contributed by atoms with van der Waals surface area (Å²) in [4.78, 5) is 0. The molecule has 4 aromatic rings. The molecule has 0 saturated carbocycles. The molecule has 0 atom stereocenters. The van der Waals surface area contributed by atoms with Gasteiger partial charge in [0.15, 0.2) is 12.4 Å². The predicted octanol–water partition coefficient (Wildman–Crippen LogP) is 0.313. The lowest BCUT2D eigenvalue weighted by Gasteiger charge is -2.06. The normalized spacial score (nSPS) is 10.7. The van der Waals surface area contributed by atoms with E-state index in [1.807, 2.05) is 0 Å². The fourth-order valence-electron chi connectivity index (χ4n) is 3.22. The molecule has 0 amide bonds. The first-order valence-electron chi connectivity index (χ1n) is 7.51. The average molecular weight is 413 g/mol. The Morgan fingerprint density at radius 3 is 1.39 bits per heavy atom. The number of rotatable bonds is 1. The largest absolute Gasteiger partial charge is 1.00 e. The van der Waals surface area contributed by atoms with Crippen LogP contribution in [-0.2, 0) is 14.1 Å². The van der Waals surface area contributed by atoms with Crippen molar-refractivity contribution >= 4 is 21.5 Å². The summed E-state index contributed by atoms with van der Waals surface area (Å²) in [5.74, 6) is 0. The summed E-state index contributed by atoms with van der Waals surface area (Å²) >= 11 is 0. The first kappa shape index (κ1) is 15.9. The Morgan fingerprint density at radius 1 is 0.565 bits per heavy atom. The molecule has 0 saturated heterocycles. The second-order valence-corrected chi connectivity index (χ2v) is 5.73. The number of hydrogen-bond acceptors (Lipinski definition) is 0. The number of aryl methyl sites for hydroxylation is 2. The van der Waals surface area contributed by atoms with Crippen molar-refractivity contribution in [1.29, 1.82) is 0 Å². The number of aromatic nitrogens is 2. The van der Waals surface area contributed by atoms with Crippen molar-refractivity contribution in [2.45, 2.75) is 0 Å². The van der Waals surface area contributed by atoms with Crippen molar-refractivity contribution in [3.8, 4) is 11.4 Å². The molecule has 2 aromatic heterocycles. The molecule has 0 aliphatic heterocycles. The topological polar surface area (TPSA) is 7.76 Å². The summed E-state index contributed by atoms with van der Waals surface area (Å²) in [5, 5.41) is 5.09. The minimum atomic E-state index is 0. The van der Waals surface area contributed by atoms with E-state index in [1.165, 1.54) is 32.9 Å². The molecule has 2 heterocycles. The fourth-order valence-corrected chi connectivity index (χ4v) is 3.22. The highest BCUT2D eigenvalue weighted by Gasteiger charge is 2.25. The number of benzene rings is 2. The molecule has 0 radical (unpaired) electrons. The van der Waals surface area contributed by atoms with E-state index < -0.39 is 0 Å². The molecule has 0 fully saturated rings. The van der Waals surface area contributed by atoms with Gasteiger partial charge in [-0.25, -0.2) is 0 Å². The first-order valence-corrected chi connectivity index (χ1v) is 7.51. The van der Waals surface area contributed by atoms with E-state index in [4.69, 9.17) is 0 Å². The van der Waals surface area contributed by atoms with E-state index in [0.29, 0.717) is 0 Å². The highest BCUT2D eigenvalue weighted by molar-refractivity contribution is 5.99. The zero-order chi connectivity index (χ0) is 15.1. The Labute approximate surface area is 153 Å². The van der Waals surface area contributed by atoms with Crippen LogP contribution in [0.1, 0.15) is 0 Å². The monoisotopic (exact) mass is 413 g/mol. The molecule has 3 heteroatoms. The quantitative estimate of drug-likeness (QED) is 0.314. The van der Waals surface area contributed by atoms with Crippen molar-refractivity contribution in [2.75, 3.05) is 0 Å². The SMILES string of the molecule is C[n+]1ccc2ccccc2c1-c1c2ccccc2cc[n+]1C.[I-]. The Morgan fingerprint density at radius 2 is 0.957 bits per heavy atom. The first-order chi connectivity index (χ1) is 10.8. The van der Waals surface area contributed by atoms with Gasteiger partial charge in [0, 0.05) is 12.1 Å². The molecule has 0 unspecified atom stereocenters. The van der Waals surface area contributed by atoms with Crippen LogP contribution in [0, 0.1) is 0 Å². The molecule has 0 bridgehead atoms. The number of pyridine rings is 2. The van der Waals surface area contributed by atoms with Gasteiger partial charge in [0.2, 0.25) is 0 Å². The molecule has 2 nitrogen and oxygen atoms in total. The van der Waals surface area contributed by atoms with Gasteiger partial charge in [0.1, 0.15) is 14.1 Å². The fraction of sp³-hybridized carbons (Fsp3) is 0.100. The summed E-state index contributed by atoms with van der Waals surface area (Å²) in [6.07, 6.45) is 4.28. The predicted molar refractivity (Wildman–Crippen MR) is 89.2 cm³/mol. The van der Waals surface area contributed by atoms with E-state index in [-0.39, 0.29) is 24.0 Å². The highest BCUT2D eigenvalue weighted by Crippen LogP contribution is 2.28. The third kappa shape index (κ3) is 2.59. The van der Waals surface area contributed by atoms with E-state index in [9.17, 15) is 0 Å². The van der Waals surface area contributed by atoms with Gasteiger partial charge in [-0.2, -0.15) is 9.13 Å². The van der Waals surface area contributed by atoms with E-state index in [2.05, 4.69) is 96.3 Å². The third-order valence-corrected chi connectivity index (χ3v) is 4.32. The molecule has 23 heavy (non-hydrogen) atoms. The molecular formula is C20H18IN2+. The standard InChI is InChI=1S/C20H18N2.HI/c1-21-13-11-15-7-3-5-9-17(15)19(21)20-18-10-6-4-8-16(18)12-14-22(20)2;/h3-14H,1-2H3;1H/q+2;/p-1. The van der Waals surface area contributed by atoms with E-state index in [0.717, 1.165) is 0 Å². The average Bonchev–Trinajstić information content (AvgIpc) is 2.56. The minimum Gasteiger partial charge on any atom is -1.00 e. The maximum Gasteiger partial charge on any atom is 0.285 e. The van der Waals surface area contributed by atoms with Crippen LogP contribution in [0.5, 0.6) is 0 Å². The van der Waals surface area contributed by atoms with Crippen LogP contribution in [-0.4, -0.2) is 0 Å². The summed E-state index contributed by atoms with van der Waals surface area (Å²) in [6, 6.07) is 21.5. The molecule has 114 valence electrons. The Kier molecular flexibility index (Phi) is 4.31. The van der Waals surface area contributed by atoms with Crippen LogP contribution in [0.4, 0.5) is 0 Å². The second-order valence-electron chi connectivity index (χ2n) is 5.73. The molecule has 2 aromatic carbocycles. The van der Waals surface area contributed by atoms with Gasteiger partial charge >= 0.3 is 0 Å². The van der Waals surface area contributed by atoms with Gasteiger partial charge in [-0.05, 0) is 22.9 Å². The second kappa shape index (κ2) is 6.24. The molecule has 0 aliphatic carbocycles. The van der Waals surface area contributed by atoms with Crippen molar-refractivity contribution in [3.63, 3.8) is 0 Å². The lowest BCUT2D eigenvalue weighted by atomic mass is 10.0. The van der Waals surface area contributed by atoms with Gasteiger partial charge in [-0.3, -0.25) is 0 Å². The van der Waals surface area contributed by atoms with Crippen molar-refractivity contribution in [1.82, 2.24) is 0 Å². The van der Waals surface area contributed by atoms with Crippen LogP contribution < -0.4 is 33.1 Å². The van der Waals surface area contributed by atoms with Gasteiger partial charge in [0.25, 0.3) is 11.4 Å². The third-order valence-electron chi connectivity index (χ3n) is 4.32. The Balaban J connectivity index is 0.00000156. The van der Waals surface area contributed by atoms with Gasteiger partial charge in [-0.15, -0.1) is 0 Å². The maximum absolute atomic E-state index is 2.21. The Hall–Kier alpha value is -2.01. The smallest absolute Gasteiger partial charge is 0.285 e. The summed E-state index contributed by atoms with van der Waals surface area (Å²) in [5.41, 5.74) is 2.50. The van der Waals surface area contributed by atoms with E-state index in [1.54, 1.807) is 0 Å². The highest BCUT2D eigenvalue weighted by atomic mass is 127. The van der Waals surface area contributed by atoms with Crippen LogP contribution >= 0.6 is 0 Å². The maximum atomic E-state index is 2.21. The molecule has 4 rings (SSSR count). The zero-order valence-corrected chi connectivity index (χ0v) is 15.4. The molecule has 0 aliphatic rings.